The van der Waals surface area contributed by atoms with Crippen LogP contribution >= 0.6 is 11.3 Å². The molecule has 0 fully saturated rings. The molecule has 0 saturated heterocycles. The highest BCUT2D eigenvalue weighted by Crippen LogP contribution is 2.46. The quantitative estimate of drug-likeness (QED) is 0.348. The van der Waals surface area contributed by atoms with Gasteiger partial charge in [0.25, 0.3) is 6.71 Å². The van der Waals surface area contributed by atoms with Crippen molar-refractivity contribution in [1.82, 2.24) is 0 Å². The number of carbonyl (C=O) groups excluding carboxylic acids is 1. The highest BCUT2D eigenvalue weighted by atomic mass is 32.1. The highest BCUT2D eigenvalue weighted by Gasteiger charge is 2.20. The summed E-state index contributed by atoms with van der Waals surface area (Å²) in [6.45, 7) is 6.21. The zero-order valence-electron chi connectivity index (χ0n) is 17.7. The molecule has 0 saturated carbocycles. The van der Waals surface area contributed by atoms with E-state index in [4.69, 9.17) is 10.00 Å². The molecule has 1 heterocycles. The Kier molecular flexibility index (Phi) is 6.97. The lowest BCUT2D eigenvalue weighted by Crippen LogP contribution is -2.08. The molecule has 0 bridgehead atoms. The third-order valence-electron chi connectivity index (χ3n) is 5.43. The summed E-state index contributed by atoms with van der Waals surface area (Å²) in [5, 5.41) is 14.0. The fourth-order valence-electron chi connectivity index (χ4n) is 3.85. The smallest absolute Gasteiger partial charge is 0.265 e. The van der Waals surface area contributed by atoms with Crippen molar-refractivity contribution < 1.29 is 9.53 Å². The van der Waals surface area contributed by atoms with E-state index in [1.807, 2.05) is 19.0 Å². The van der Waals surface area contributed by atoms with E-state index in [9.17, 15) is 4.79 Å². The Morgan fingerprint density at radius 3 is 2.50 bits per heavy atom. The summed E-state index contributed by atoms with van der Waals surface area (Å²) in [6, 6.07) is 14.3. The van der Waals surface area contributed by atoms with Gasteiger partial charge in [-0.2, -0.15) is 0 Å². The first-order valence-electron chi connectivity index (χ1n) is 9.95. The zero-order chi connectivity index (χ0) is 21.7. The van der Waals surface area contributed by atoms with Gasteiger partial charge in [-0.05, 0) is 53.1 Å². The lowest BCUT2D eigenvalue weighted by molar-refractivity contribution is -0.105. The third kappa shape index (κ3) is 4.42. The monoisotopic (exact) mass is 416 g/mol. The summed E-state index contributed by atoms with van der Waals surface area (Å²) in [5.41, 5.74) is 5.97. The van der Waals surface area contributed by atoms with Gasteiger partial charge >= 0.3 is 0 Å². The molecule has 0 spiro atoms. The number of amides is 1. The van der Waals surface area contributed by atoms with Crippen LogP contribution in [-0.2, 0) is 4.79 Å². The number of ether oxygens (including phenoxy) is 1. The van der Waals surface area contributed by atoms with Crippen molar-refractivity contribution in [2.75, 3.05) is 12.4 Å². The molecule has 152 valence electrons. The maximum atomic E-state index is 11.3. The standard InChI is InChI=1S/C24H25BN2O2S/c1-16(13-25(3)14-26)18-5-7-19(8-6-18)23-22(29-4)10-9-21(27-15-28)24(23)20-11-12-30-17(20)2/h5-12,15-16H,13H2,1-4H3,(H,27,28). The van der Waals surface area contributed by atoms with E-state index in [1.54, 1.807) is 18.4 Å². The molecule has 3 aromatic rings. The van der Waals surface area contributed by atoms with Crippen LogP contribution in [0.15, 0.2) is 47.8 Å². The molecule has 1 amide bonds. The first-order chi connectivity index (χ1) is 14.5. The van der Waals surface area contributed by atoms with Gasteiger partial charge in [-0.25, -0.2) is 5.26 Å². The summed E-state index contributed by atoms with van der Waals surface area (Å²) in [4.78, 5) is 12.4. The Labute approximate surface area is 182 Å². The second-order valence-corrected chi connectivity index (χ2v) is 8.63. The van der Waals surface area contributed by atoms with Crippen molar-refractivity contribution in [3.05, 3.63) is 58.3 Å². The maximum absolute atomic E-state index is 11.3. The number of rotatable bonds is 8. The Morgan fingerprint density at radius 2 is 1.93 bits per heavy atom. The molecular formula is C24H25BN2O2S. The number of benzene rings is 2. The van der Waals surface area contributed by atoms with Gasteiger partial charge in [0.05, 0.1) is 7.11 Å². The molecule has 0 aliphatic heterocycles. The topological polar surface area (TPSA) is 62.1 Å². The number of methoxy groups -OCH3 is 1. The molecule has 1 N–H and O–H groups in total. The predicted molar refractivity (Wildman–Crippen MR) is 127 cm³/mol. The minimum absolute atomic E-state index is 0.0269. The second kappa shape index (κ2) is 9.64. The molecule has 0 aliphatic carbocycles. The van der Waals surface area contributed by atoms with Crippen LogP contribution in [0.3, 0.4) is 0 Å². The Morgan fingerprint density at radius 1 is 1.20 bits per heavy atom. The van der Waals surface area contributed by atoms with E-state index in [1.165, 1.54) is 10.4 Å². The molecule has 6 heteroatoms. The lowest BCUT2D eigenvalue weighted by atomic mass is 9.48. The fourth-order valence-corrected chi connectivity index (χ4v) is 4.55. The molecule has 0 radical (unpaired) electrons. The molecule has 2 aromatic carbocycles. The van der Waals surface area contributed by atoms with E-state index in [0.29, 0.717) is 12.3 Å². The maximum Gasteiger partial charge on any atom is 0.265 e. The number of nitriles is 1. The molecule has 1 atom stereocenters. The molecule has 1 unspecified atom stereocenters. The van der Waals surface area contributed by atoms with Crippen molar-refractivity contribution >= 4 is 30.1 Å². The van der Waals surface area contributed by atoms with Crippen LogP contribution in [-0.4, -0.2) is 20.2 Å². The van der Waals surface area contributed by atoms with Crippen LogP contribution < -0.4 is 10.1 Å². The SMILES string of the molecule is COc1ccc(NC=O)c(-c2ccsc2C)c1-c1ccc(C(C)CB(C)C#N)cc1. The van der Waals surface area contributed by atoms with Crippen LogP contribution in [0.2, 0.25) is 13.1 Å². The van der Waals surface area contributed by atoms with E-state index < -0.39 is 0 Å². The average molecular weight is 416 g/mol. The van der Waals surface area contributed by atoms with E-state index in [0.717, 1.165) is 40.0 Å². The van der Waals surface area contributed by atoms with Crippen molar-refractivity contribution in [3.8, 4) is 34.0 Å². The Bertz CT molecular complexity index is 1070. The minimum Gasteiger partial charge on any atom is -0.496 e. The van der Waals surface area contributed by atoms with Crippen LogP contribution in [0.5, 0.6) is 5.75 Å². The number of nitrogens with zero attached hydrogens (tertiary/aromatic N) is 1. The molecule has 4 nitrogen and oxygen atoms in total. The van der Waals surface area contributed by atoms with Gasteiger partial charge in [-0.3, -0.25) is 4.79 Å². The third-order valence-corrected chi connectivity index (χ3v) is 6.27. The summed E-state index contributed by atoms with van der Waals surface area (Å²) in [6.07, 6.45) is 1.54. The van der Waals surface area contributed by atoms with Crippen molar-refractivity contribution in [1.29, 1.82) is 5.26 Å². The van der Waals surface area contributed by atoms with Crippen molar-refractivity contribution in [3.63, 3.8) is 0 Å². The summed E-state index contributed by atoms with van der Waals surface area (Å²) < 4.78 is 5.71. The van der Waals surface area contributed by atoms with Gasteiger partial charge in [-0.15, -0.1) is 11.3 Å². The molecule has 0 aliphatic rings. The predicted octanol–water partition coefficient (Wildman–Crippen LogP) is 6.26. The number of hydrogen-bond acceptors (Lipinski definition) is 4. The van der Waals surface area contributed by atoms with Crippen LogP contribution in [0.25, 0.3) is 22.3 Å². The summed E-state index contributed by atoms with van der Waals surface area (Å²) in [5.74, 6) is 3.37. The van der Waals surface area contributed by atoms with Gasteiger partial charge in [0.1, 0.15) is 5.75 Å². The second-order valence-electron chi connectivity index (χ2n) is 7.51. The summed E-state index contributed by atoms with van der Waals surface area (Å²) in [7, 11) is 1.66. The Balaban J connectivity index is 2.13. The van der Waals surface area contributed by atoms with Crippen molar-refractivity contribution in [2.45, 2.75) is 32.9 Å². The number of aryl methyl sites for hydroxylation is 1. The largest absolute Gasteiger partial charge is 0.496 e. The van der Waals surface area contributed by atoms with Gasteiger partial charge in [0.15, 0.2) is 0 Å². The lowest BCUT2D eigenvalue weighted by Gasteiger charge is -2.19. The fraction of sp³-hybridized carbons (Fsp3) is 0.250. The molecule has 1 aromatic heterocycles. The molecule has 30 heavy (non-hydrogen) atoms. The average Bonchev–Trinajstić information content (AvgIpc) is 3.19. The zero-order valence-corrected chi connectivity index (χ0v) is 18.5. The Hall–Kier alpha value is -3.04. The number of anilines is 1. The van der Waals surface area contributed by atoms with Gasteiger partial charge in [-0.1, -0.05) is 44.3 Å². The number of thiophene rings is 1. The number of hydrogen-bond donors (Lipinski definition) is 1. The van der Waals surface area contributed by atoms with E-state index in [-0.39, 0.29) is 6.71 Å². The van der Waals surface area contributed by atoms with Crippen LogP contribution in [0, 0.1) is 18.2 Å². The van der Waals surface area contributed by atoms with Crippen LogP contribution in [0.1, 0.15) is 23.3 Å². The first-order valence-corrected chi connectivity index (χ1v) is 10.8. The molecule has 3 rings (SSSR count). The van der Waals surface area contributed by atoms with Crippen molar-refractivity contribution in [2.24, 2.45) is 0 Å². The van der Waals surface area contributed by atoms with Gasteiger partial charge < -0.3 is 10.1 Å². The van der Waals surface area contributed by atoms with E-state index >= 15 is 0 Å². The molecular weight excluding hydrogens is 391 g/mol. The number of nitrogens with one attached hydrogen (secondary N) is 1. The summed E-state index contributed by atoms with van der Waals surface area (Å²) >= 11 is 1.67. The number of carbonyl (C=O) groups is 1. The highest BCUT2D eigenvalue weighted by molar-refractivity contribution is 7.10. The normalized spacial score (nSPS) is 11.4. The minimum atomic E-state index is 0.0269. The van der Waals surface area contributed by atoms with Gasteiger partial charge in [0, 0.05) is 27.7 Å². The first kappa shape index (κ1) is 21.7. The van der Waals surface area contributed by atoms with E-state index in [2.05, 4.69) is 60.8 Å². The van der Waals surface area contributed by atoms with Gasteiger partial charge in [0.2, 0.25) is 6.41 Å². The van der Waals surface area contributed by atoms with Crippen LogP contribution in [0.4, 0.5) is 5.69 Å².